The van der Waals surface area contributed by atoms with Crippen molar-refractivity contribution in [3.05, 3.63) is 200 Å². The first-order valence-corrected chi connectivity index (χ1v) is 20.4. The molecular formula is C56H33N3O. The Bertz CT molecular complexity index is 3740. The number of benzene rings is 10. The Hall–Kier alpha value is -8.08. The highest BCUT2D eigenvalue weighted by Gasteiger charge is 2.24. The molecule has 0 fully saturated rings. The van der Waals surface area contributed by atoms with Gasteiger partial charge in [0.05, 0.1) is 22.2 Å². The summed E-state index contributed by atoms with van der Waals surface area (Å²) in [5.41, 5.74) is 11.3. The third-order valence-electron chi connectivity index (χ3n) is 12.4. The van der Waals surface area contributed by atoms with Crippen LogP contribution >= 0.6 is 0 Å². The summed E-state index contributed by atoms with van der Waals surface area (Å²) >= 11 is 0. The van der Waals surface area contributed by atoms with Gasteiger partial charge >= 0.3 is 0 Å². The maximum Gasteiger partial charge on any atom is 0.235 e. The number of aromatic nitrogens is 3. The predicted molar refractivity (Wildman–Crippen MR) is 250 cm³/mol. The van der Waals surface area contributed by atoms with Crippen LogP contribution in [0.5, 0.6) is 0 Å². The van der Waals surface area contributed by atoms with E-state index in [2.05, 4.69) is 205 Å². The molecule has 4 nitrogen and oxygen atoms in total. The summed E-state index contributed by atoms with van der Waals surface area (Å²) in [6.45, 7) is 0. The molecule has 4 heteroatoms. The van der Waals surface area contributed by atoms with Crippen molar-refractivity contribution in [2.75, 3.05) is 0 Å². The van der Waals surface area contributed by atoms with Gasteiger partial charge in [-0.05, 0) is 97.0 Å². The minimum absolute atomic E-state index is 0.620. The van der Waals surface area contributed by atoms with Crippen molar-refractivity contribution in [3.8, 4) is 39.5 Å². The van der Waals surface area contributed by atoms with Gasteiger partial charge in [0.15, 0.2) is 0 Å². The average Bonchev–Trinajstić information content (AvgIpc) is 3.87. The van der Waals surface area contributed by atoms with Gasteiger partial charge in [0, 0.05) is 32.5 Å². The third-order valence-corrected chi connectivity index (χ3v) is 12.4. The highest BCUT2D eigenvalue weighted by molar-refractivity contribution is 6.31. The van der Waals surface area contributed by atoms with Crippen molar-refractivity contribution in [1.82, 2.24) is 14.5 Å². The highest BCUT2D eigenvalue weighted by atomic mass is 16.3. The normalized spacial score (nSPS) is 12.0. The largest absolute Gasteiger partial charge is 0.456 e. The van der Waals surface area contributed by atoms with Gasteiger partial charge in [0.1, 0.15) is 11.2 Å². The second kappa shape index (κ2) is 12.7. The zero-order valence-corrected chi connectivity index (χ0v) is 32.3. The Labute approximate surface area is 344 Å². The quantitative estimate of drug-likeness (QED) is 0.179. The molecular weight excluding hydrogens is 731 g/mol. The number of fused-ring (bicyclic) bond motifs is 13. The molecule has 0 atom stereocenters. The van der Waals surface area contributed by atoms with E-state index in [0.717, 1.165) is 66.3 Å². The van der Waals surface area contributed by atoms with Crippen LogP contribution in [0.1, 0.15) is 0 Å². The Morgan fingerprint density at radius 3 is 1.53 bits per heavy atom. The number of furan rings is 1. The van der Waals surface area contributed by atoms with Crippen molar-refractivity contribution >= 4 is 87.0 Å². The Kier molecular flexibility index (Phi) is 6.98. The van der Waals surface area contributed by atoms with Gasteiger partial charge in [-0.15, -0.1) is 0 Å². The van der Waals surface area contributed by atoms with E-state index in [1.807, 2.05) is 0 Å². The van der Waals surface area contributed by atoms with E-state index in [-0.39, 0.29) is 0 Å². The van der Waals surface area contributed by atoms with Gasteiger partial charge in [-0.3, -0.25) is 4.57 Å². The van der Waals surface area contributed by atoms with E-state index >= 15 is 0 Å². The molecule has 3 heterocycles. The Morgan fingerprint density at radius 2 is 0.883 bits per heavy atom. The molecule has 13 rings (SSSR count). The maximum atomic E-state index is 6.45. The highest BCUT2D eigenvalue weighted by Crippen LogP contribution is 2.46. The maximum absolute atomic E-state index is 6.45. The first-order chi connectivity index (χ1) is 29.8. The van der Waals surface area contributed by atoms with E-state index < -0.39 is 0 Å². The van der Waals surface area contributed by atoms with Gasteiger partial charge in [0.2, 0.25) is 5.95 Å². The zero-order chi connectivity index (χ0) is 39.3. The molecule has 3 aromatic heterocycles. The van der Waals surface area contributed by atoms with E-state index in [1.165, 1.54) is 54.2 Å². The van der Waals surface area contributed by atoms with Crippen LogP contribution in [0.2, 0.25) is 0 Å². The van der Waals surface area contributed by atoms with E-state index in [0.29, 0.717) is 5.95 Å². The zero-order valence-electron chi connectivity index (χ0n) is 32.3. The standard InChI is InChI=1S/C56H33N3O/c1-3-15-34(16-4-1)44-32-48-53(41-23-11-9-21-39(41)44)54-42-24-12-10-22-40(42)45(35-17-5-2-6-18-35)33-49(54)59(48)56-57-47-26-14-13-25-43(47)55(58-56)37-28-29-50-46(31-37)52-38-20-8-7-19-36(38)27-30-51(52)60-50/h1-33H. The first-order valence-electron chi connectivity index (χ1n) is 20.4. The minimum atomic E-state index is 0.620. The van der Waals surface area contributed by atoms with Crippen molar-refractivity contribution in [2.45, 2.75) is 0 Å². The number of hydrogen-bond donors (Lipinski definition) is 0. The molecule has 0 saturated heterocycles. The van der Waals surface area contributed by atoms with E-state index in [9.17, 15) is 0 Å². The summed E-state index contributed by atoms with van der Waals surface area (Å²) in [5.74, 6) is 0.620. The molecule has 60 heavy (non-hydrogen) atoms. The molecule has 0 unspecified atom stereocenters. The molecule has 0 spiro atoms. The first kappa shape index (κ1) is 32.9. The molecule has 0 saturated carbocycles. The summed E-state index contributed by atoms with van der Waals surface area (Å²) in [6, 6.07) is 71.4. The molecule has 0 aliphatic rings. The predicted octanol–water partition coefficient (Wildman–Crippen LogP) is 15.1. The molecule has 0 bridgehead atoms. The second-order valence-electron chi connectivity index (χ2n) is 15.7. The number of hydrogen-bond acceptors (Lipinski definition) is 3. The molecule has 0 radical (unpaired) electrons. The van der Waals surface area contributed by atoms with Crippen LogP contribution in [-0.2, 0) is 0 Å². The van der Waals surface area contributed by atoms with Crippen molar-refractivity contribution < 1.29 is 4.42 Å². The lowest BCUT2D eigenvalue weighted by molar-refractivity contribution is 0.669. The van der Waals surface area contributed by atoms with Crippen LogP contribution < -0.4 is 0 Å². The fourth-order valence-electron chi connectivity index (χ4n) is 9.74. The Balaban J connectivity index is 1.18. The number of para-hydroxylation sites is 1. The summed E-state index contributed by atoms with van der Waals surface area (Å²) in [6.07, 6.45) is 0. The topological polar surface area (TPSA) is 43.9 Å². The summed E-state index contributed by atoms with van der Waals surface area (Å²) in [7, 11) is 0. The molecule has 278 valence electrons. The lowest BCUT2D eigenvalue weighted by Gasteiger charge is -2.14. The third kappa shape index (κ3) is 4.79. The molecule has 0 aliphatic carbocycles. The van der Waals surface area contributed by atoms with Crippen LogP contribution in [-0.4, -0.2) is 14.5 Å². The molecule has 0 amide bonds. The fourth-order valence-corrected chi connectivity index (χ4v) is 9.74. The van der Waals surface area contributed by atoms with Crippen molar-refractivity contribution in [2.24, 2.45) is 0 Å². The van der Waals surface area contributed by atoms with Gasteiger partial charge in [0.25, 0.3) is 0 Å². The van der Waals surface area contributed by atoms with Gasteiger partial charge in [-0.1, -0.05) is 158 Å². The van der Waals surface area contributed by atoms with Crippen LogP contribution in [0.25, 0.3) is 126 Å². The molecule has 13 aromatic rings. The SMILES string of the molecule is c1ccc(-c2cc3c(c4ccccc24)c2c4ccccc4c(-c4ccccc4)cc2n3-c2nc(-c3ccc4oc5ccc6ccccc6c5c4c3)c3ccccc3n2)cc1. The molecule has 0 aliphatic heterocycles. The molecule has 0 N–H and O–H groups in total. The van der Waals surface area contributed by atoms with E-state index in [1.54, 1.807) is 0 Å². The second-order valence-corrected chi connectivity index (χ2v) is 15.7. The summed E-state index contributed by atoms with van der Waals surface area (Å²) in [4.78, 5) is 11.1. The monoisotopic (exact) mass is 763 g/mol. The van der Waals surface area contributed by atoms with Crippen molar-refractivity contribution in [1.29, 1.82) is 0 Å². The number of nitrogens with zero attached hydrogens (tertiary/aromatic N) is 3. The van der Waals surface area contributed by atoms with Crippen LogP contribution in [0, 0.1) is 0 Å². The van der Waals surface area contributed by atoms with Crippen LogP contribution in [0.15, 0.2) is 205 Å². The summed E-state index contributed by atoms with van der Waals surface area (Å²) in [5, 5.41) is 12.7. The lowest BCUT2D eigenvalue weighted by Crippen LogP contribution is -2.04. The van der Waals surface area contributed by atoms with Gasteiger partial charge in [-0.2, -0.15) is 0 Å². The van der Waals surface area contributed by atoms with Crippen LogP contribution in [0.3, 0.4) is 0 Å². The smallest absolute Gasteiger partial charge is 0.235 e. The summed E-state index contributed by atoms with van der Waals surface area (Å²) < 4.78 is 8.76. The Morgan fingerprint density at radius 1 is 0.350 bits per heavy atom. The minimum Gasteiger partial charge on any atom is -0.456 e. The van der Waals surface area contributed by atoms with Gasteiger partial charge < -0.3 is 4.42 Å². The van der Waals surface area contributed by atoms with E-state index in [4.69, 9.17) is 14.4 Å². The number of rotatable bonds is 4. The van der Waals surface area contributed by atoms with Crippen LogP contribution in [0.4, 0.5) is 0 Å². The fraction of sp³-hybridized carbons (Fsp3) is 0. The lowest BCUT2D eigenvalue weighted by atomic mass is 9.92. The average molecular weight is 764 g/mol. The van der Waals surface area contributed by atoms with Gasteiger partial charge in [-0.25, -0.2) is 9.97 Å². The molecule has 10 aromatic carbocycles. The van der Waals surface area contributed by atoms with Crippen molar-refractivity contribution in [3.63, 3.8) is 0 Å².